The van der Waals surface area contributed by atoms with Crippen molar-refractivity contribution in [2.45, 2.75) is 13.2 Å². The van der Waals surface area contributed by atoms with Crippen LogP contribution in [0.25, 0.3) is 0 Å². The summed E-state index contributed by atoms with van der Waals surface area (Å²) in [5, 5.41) is 5.09. The lowest BCUT2D eigenvalue weighted by Crippen LogP contribution is -2.16. The number of amides is 2. The third-order valence-corrected chi connectivity index (χ3v) is 4.01. The van der Waals surface area contributed by atoms with Crippen molar-refractivity contribution in [3.63, 3.8) is 0 Å². The Hall–Kier alpha value is -4.13. The maximum Gasteiger partial charge on any atom is 0.411 e. The summed E-state index contributed by atoms with van der Waals surface area (Å²) in [6.07, 6.45) is -0.750. The number of aldehydes is 1. The molecule has 152 valence electrons. The molecule has 2 amide bonds. The van der Waals surface area contributed by atoms with E-state index in [0.29, 0.717) is 17.7 Å². The van der Waals surface area contributed by atoms with E-state index in [-0.39, 0.29) is 18.8 Å². The number of carbonyl (C=O) groups is 3. The summed E-state index contributed by atoms with van der Waals surface area (Å²) in [5.74, 6) is 0. The average molecular weight is 404 g/mol. The van der Waals surface area contributed by atoms with Gasteiger partial charge in [0.05, 0.1) is 0 Å². The molecule has 0 heterocycles. The Morgan fingerprint density at radius 1 is 0.700 bits per heavy atom. The molecule has 0 saturated heterocycles. The first-order valence-corrected chi connectivity index (χ1v) is 9.18. The van der Waals surface area contributed by atoms with Crippen LogP contribution < -0.4 is 10.6 Å². The van der Waals surface area contributed by atoms with E-state index in [9.17, 15) is 14.4 Å². The molecule has 0 saturated carbocycles. The van der Waals surface area contributed by atoms with E-state index in [1.165, 1.54) is 18.2 Å². The molecule has 0 radical (unpaired) electrons. The smallest absolute Gasteiger partial charge is 0.411 e. The zero-order valence-corrected chi connectivity index (χ0v) is 16.0. The molecule has 3 aromatic rings. The Balaban J connectivity index is 1.57. The summed E-state index contributed by atoms with van der Waals surface area (Å²) in [5.41, 5.74) is 2.57. The highest BCUT2D eigenvalue weighted by Gasteiger charge is 2.09. The molecular formula is C23H20N2O5. The second-order valence-corrected chi connectivity index (χ2v) is 6.34. The van der Waals surface area contributed by atoms with Gasteiger partial charge in [0.2, 0.25) is 0 Å². The lowest BCUT2D eigenvalue weighted by atomic mass is 10.2. The first-order chi connectivity index (χ1) is 14.6. The number of carbonyl (C=O) groups excluding carboxylic acids is 3. The molecule has 3 rings (SSSR count). The zero-order valence-electron chi connectivity index (χ0n) is 16.0. The molecule has 3 aromatic carbocycles. The van der Waals surface area contributed by atoms with Gasteiger partial charge < -0.3 is 9.47 Å². The van der Waals surface area contributed by atoms with Gasteiger partial charge in [-0.2, -0.15) is 0 Å². The second kappa shape index (κ2) is 10.4. The third-order valence-electron chi connectivity index (χ3n) is 4.01. The molecule has 0 fully saturated rings. The molecule has 30 heavy (non-hydrogen) atoms. The SMILES string of the molecule is O=Cc1cc(NC(=O)OCc2ccccc2)cc(NC(=O)OCc2ccccc2)c1. The van der Waals surface area contributed by atoms with Crippen molar-refractivity contribution in [2.75, 3.05) is 10.6 Å². The Labute approximate surface area is 173 Å². The molecule has 0 aliphatic carbocycles. The van der Waals surface area contributed by atoms with Crippen LogP contribution in [0.5, 0.6) is 0 Å². The van der Waals surface area contributed by atoms with Gasteiger partial charge in [0.15, 0.2) is 0 Å². The molecule has 0 bridgehead atoms. The van der Waals surface area contributed by atoms with Crippen molar-refractivity contribution in [3.05, 3.63) is 95.6 Å². The van der Waals surface area contributed by atoms with Crippen molar-refractivity contribution in [3.8, 4) is 0 Å². The number of hydrogen-bond acceptors (Lipinski definition) is 5. The van der Waals surface area contributed by atoms with Gasteiger partial charge in [-0.15, -0.1) is 0 Å². The fourth-order valence-electron chi connectivity index (χ4n) is 2.62. The van der Waals surface area contributed by atoms with Crippen LogP contribution in [-0.4, -0.2) is 18.5 Å². The minimum absolute atomic E-state index is 0.108. The van der Waals surface area contributed by atoms with E-state index in [2.05, 4.69) is 10.6 Å². The van der Waals surface area contributed by atoms with Gasteiger partial charge in [0, 0.05) is 16.9 Å². The lowest BCUT2D eigenvalue weighted by molar-refractivity contribution is 0.112. The van der Waals surface area contributed by atoms with Gasteiger partial charge >= 0.3 is 12.2 Å². The molecule has 0 spiro atoms. The van der Waals surface area contributed by atoms with Crippen LogP contribution >= 0.6 is 0 Å². The van der Waals surface area contributed by atoms with Crippen molar-refractivity contribution < 1.29 is 23.9 Å². The summed E-state index contributed by atoms with van der Waals surface area (Å²) in [7, 11) is 0. The predicted octanol–water partition coefficient (Wildman–Crippen LogP) is 5.00. The normalized spacial score (nSPS) is 10.0. The Morgan fingerprint density at radius 3 is 1.53 bits per heavy atom. The van der Waals surface area contributed by atoms with Crippen molar-refractivity contribution in [1.29, 1.82) is 0 Å². The van der Waals surface area contributed by atoms with E-state index in [4.69, 9.17) is 9.47 Å². The number of ether oxygens (including phenoxy) is 2. The van der Waals surface area contributed by atoms with Crippen LogP contribution in [0.3, 0.4) is 0 Å². The lowest BCUT2D eigenvalue weighted by Gasteiger charge is -2.11. The minimum atomic E-state index is -0.681. The van der Waals surface area contributed by atoms with Gasteiger partial charge in [-0.3, -0.25) is 15.4 Å². The standard InChI is InChI=1S/C23H20N2O5/c26-14-19-11-20(24-22(27)29-15-17-7-3-1-4-8-17)13-21(12-19)25-23(28)30-16-18-9-5-2-6-10-18/h1-14H,15-16H2,(H,24,27)(H,25,28). The topological polar surface area (TPSA) is 93.7 Å². The fourth-order valence-corrected chi connectivity index (χ4v) is 2.62. The van der Waals surface area contributed by atoms with Crippen LogP contribution in [0.15, 0.2) is 78.9 Å². The number of rotatable bonds is 7. The van der Waals surface area contributed by atoms with E-state index in [1.807, 2.05) is 60.7 Å². The number of nitrogens with one attached hydrogen (secondary N) is 2. The molecule has 0 atom stereocenters. The van der Waals surface area contributed by atoms with Crippen molar-refractivity contribution in [1.82, 2.24) is 0 Å². The molecule has 0 aliphatic rings. The zero-order chi connectivity index (χ0) is 21.2. The van der Waals surface area contributed by atoms with Crippen LogP contribution in [-0.2, 0) is 22.7 Å². The molecule has 0 aliphatic heterocycles. The van der Waals surface area contributed by atoms with Crippen molar-refractivity contribution in [2.24, 2.45) is 0 Å². The molecule has 7 nitrogen and oxygen atoms in total. The molecule has 2 N–H and O–H groups in total. The quantitative estimate of drug-likeness (QED) is 0.541. The van der Waals surface area contributed by atoms with Gasteiger partial charge in [0.1, 0.15) is 19.5 Å². The van der Waals surface area contributed by atoms with Crippen LogP contribution in [0.2, 0.25) is 0 Å². The average Bonchev–Trinajstić information content (AvgIpc) is 2.77. The predicted molar refractivity (Wildman–Crippen MR) is 112 cm³/mol. The summed E-state index contributed by atoms with van der Waals surface area (Å²) in [6, 6.07) is 22.9. The highest BCUT2D eigenvalue weighted by molar-refractivity contribution is 5.91. The largest absolute Gasteiger partial charge is 0.444 e. The number of benzene rings is 3. The number of anilines is 2. The molecule has 7 heteroatoms. The van der Waals surface area contributed by atoms with Gasteiger partial charge in [0.25, 0.3) is 0 Å². The number of hydrogen-bond donors (Lipinski definition) is 2. The summed E-state index contributed by atoms with van der Waals surface area (Å²) >= 11 is 0. The van der Waals surface area contributed by atoms with E-state index in [0.717, 1.165) is 11.1 Å². The van der Waals surface area contributed by atoms with E-state index >= 15 is 0 Å². The first-order valence-electron chi connectivity index (χ1n) is 9.18. The molecule has 0 aromatic heterocycles. The van der Waals surface area contributed by atoms with Crippen molar-refractivity contribution >= 4 is 29.8 Å². The van der Waals surface area contributed by atoms with Crippen LogP contribution in [0, 0.1) is 0 Å². The highest BCUT2D eigenvalue weighted by Crippen LogP contribution is 2.19. The summed E-state index contributed by atoms with van der Waals surface area (Å²) in [4.78, 5) is 35.3. The molecule has 0 unspecified atom stereocenters. The maximum absolute atomic E-state index is 12.0. The molecular weight excluding hydrogens is 384 g/mol. The first kappa shape index (κ1) is 20.6. The van der Waals surface area contributed by atoms with Gasteiger partial charge in [-0.05, 0) is 29.3 Å². The van der Waals surface area contributed by atoms with Crippen LogP contribution in [0.1, 0.15) is 21.5 Å². The highest BCUT2D eigenvalue weighted by atomic mass is 16.6. The summed E-state index contributed by atoms with van der Waals surface area (Å²) in [6.45, 7) is 0.216. The van der Waals surface area contributed by atoms with E-state index in [1.54, 1.807) is 0 Å². The fraction of sp³-hybridized carbons (Fsp3) is 0.0870. The Bertz CT molecular complexity index is 931. The van der Waals surface area contributed by atoms with Crippen LogP contribution in [0.4, 0.5) is 21.0 Å². The summed E-state index contributed by atoms with van der Waals surface area (Å²) < 4.78 is 10.3. The van der Waals surface area contributed by atoms with Gasteiger partial charge in [-0.25, -0.2) is 9.59 Å². The third kappa shape index (κ3) is 6.49. The Morgan fingerprint density at radius 2 is 1.13 bits per heavy atom. The van der Waals surface area contributed by atoms with E-state index < -0.39 is 12.2 Å². The maximum atomic E-state index is 12.0. The monoisotopic (exact) mass is 404 g/mol. The second-order valence-electron chi connectivity index (χ2n) is 6.34. The minimum Gasteiger partial charge on any atom is -0.444 e. The van der Waals surface area contributed by atoms with Gasteiger partial charge in [-0.1, -0.05) is 60.7 Å². The Kier molecular flexibility index (Phi) is 7.16.